The number of amides is 1. The van der Waals surface area contributed by atoms with Crippen molar-refractivity contribution in [3.05, 3.63) is 77.6 Å². The van der Waals surface area contributed by atoms with E-state index < -0.39 is 12.1 Å². The van der Waals surface area contributed by atoms with Crippen molar-refractivity contribution in [3.63, 3.8) is 0 Å². The minimum atomic E-state index is -0.895. The van der Waals surface area contributed by atoms with Gasteiger partial charge in [-0.1, -0.05) is 48.5 Å². The van der Waals surface area contributed by atoms with Crippen LogP contribution < -0.4 is 5.32 Å². The second kappa shape index (κ2) is 9.68. The van der Waals surface area contributed by atoms with Crippen LogP contribution >= 0.6 is 0 Å². The molecule has 3 aromatic rings. The maximum absolute atomic E-state index is 12.7. The van der Waals surface area contributed by atoms with Gasteiger partial charge in [-0.2, -0.15) is 5.10 Å². The second-order valence-electron chi connectivity index (χ2n) is 7.94. The van der Waals surface area contributed by atoms with Crippen molar-refractivity contribution in [3.8, 4) is 11.1 Å². The van der Waals surface area contributed by atoms with Gasteiger partial charge in [-0.3, -0.25) is 9.48 Å². The van der Waals surface area contributed by atoms with E-state index in [1.807, 2.05) is 41.9 Å². The maximum Gasteiger partial charge on any atom is 0.407 e. The third kappa shape index (κ3) is 4.66. The van der Waals surface area contributed by atoms with Crippen LogP contribution in [0.25, 0.3) is 11.1 Å². The molecule has 7 heteroatoms. The highest BCUT2D eigenvalue weighted by molar-refractivity contribution is 5.79. The first kappa shape index (κ1) is 21.6. The van der Waals surface area contributed by atoms with Gasteiger partial charge in [-0.25, -0.2) is 4.79 Å². The van der Waals surface area contributed by atoms with Gasteiger partial charge in [0.25, 0.3) is 0 Å². The summed E-state index contributed by atoms with van der Waals surface area (Å²) >= 11 is 0. The van der Waals surface area contributed by atoms with Gasteiger partial charge in [0.05, 0.1) is 0 Å². The Bertz CT molecular complexity index is 1060. The van der Waals surface area contributed by atoms with Gasteiger partial charge in [0.1, 0.15) is 6.61 Å². The molecule has 166 valence electrons. The van der Waals surface area contributed by atoms with Crippen molar-refractivity contribution in [2.75, 3.05) is 6.61 Å². The number of nitrogens with zero attached hydrogens (tertiary/aromatic N) is 2. The van der Waals surface area contributed by atoms with Crippen LogP contribution in [0.3, 0.4) is 0 Å². The van der Waals surface area contributed by atoms with Gasteiger partial charge < -0.3 is 15.2 Å². The molecular weight excluding hydrogens is 406 g/mol. The first-order valence-corrected chi connectivity index (χ1v) is 10.9. The zero-order chi connectivity index (χ0) is 22.5. The van der Waals surface area contributed by atoms with Crippen molar-refractivity contribution < 1.29 is 19.4 Å². The number of alkyl carbamates (subject to hydrolysis) is 1. The molecule has 7 nitrogen and oxygen atoms in total. The normalized spacial score (nSPS) is 13.3. The van der Waals surface area contributed by atoms with Crippen molar-refractivity contribution in [2.45, 2.75) is 44.7 Å². The number of nitrogens with one attached hydrogen (secondary N) is 1. The number of carbonyl (C=O) groups excluding carboxylic acids is 1. The average molecular weight is 434 g/mol. The molecule has 1 aliphatic rings. The molecule has 2 N–H and O–H groups in total. The highest BCUT2D eigenvalue weighted by Gasteiger charge is 2.29. The number of aliphatic carboxylic acids is 1. The summed E-state index contributed by atoms with van der Waals surface area (Å²) in [5.74, 6) is -0.916. The number of benzene rings is 2. The third-order valence-corrected chi connectivity index (χ3v) is 5.93. The minimum Gasteiger partial charge on any atom is -0.481 e. The summed E-state index contributed by atoms with van der Waals surface area (Å²) in [6.45, 7) is 2.92. The van der Waals surface area contributed by atoms with E-state index in [0.29, 0.717) is 19.4 Å². The summed E-state index contributed by atoms with van der Waals surface area (Å²) in [6, 6.07) is 17.9. The minimum absolute atomic E-state index is 0.0212. The Kier molecular flexibility index (Phi) is 6.54. The smallest absolute Gasteiger partial charge is 0.407 e. The molecule has 0 bridgehead atoms. The molecule has 0 aliphatic heterocycles. The number of aryl methyl sites for hydroxylation is 1. The predicted octanol–water partition coefficient (Wildman–Crippen LogP) is 4.22. The van der Waals surface area contributed by atoms with E-state index in [1.54, 1.807) is 6.20 Å². The number of ether oxygens (including phenoxy) is 1. The predicted molar refractivity (Wildman–Crippen MR) is 120 cm³/mol. The zero-order valence-electron chi connectivity index (χ0n) is 18.0. The Labute approximate surface area is 187 Å². The molecule has 32 heavy (non-hydrogen) atoms. The Morgan fingerprint density at radius 3 is 2.38 bits per heavy atom. The average Bonchev–Trinajstić information content (AvgIpc) is 3.38. The Morgan fingerprint density at radius 1 is 1.09 bits per heavy atom. The van der Waals surface area contributed by atoms with Gasteiger partial charge in [-0.15, -0.1) is 0 Å². The number of hydrogen-bond donors (Lipinski definition) is 2. The summed E-state index contributed by atoms with van der Waals surface area (Å²) in [6.07, 6.45) is 1.94. The molecule has 1 heterocycles. The molecule has 1 aliphatic carbocycles. The van der Waals surface area contributed by atoms with Gasteiger partial charge in [0.2, 0.25) is 0 Å². The van der Waals surface area contributed by atoms with E-state index >= 15 is 0 Å². The van der Waals surface area contributed by atoms with Crippen molar-refractivity contribution in [2.24, 2.45) is 0 Å². The van der Waals surface area contributed by atoms with Gasteiger partial charge in [0, 0.05) is 43.2 Å². The van der Waals surface area contributed by atoms with Crippen LogP contribution in [0.4, 0.5) is 4.79 Å². The molecule has 4 rings (SSSR count). The summed E-state index contributed by atoms with van der Waals surface area (Å²) in [5, 5.41) is 16.2. The molecule has 0 saturated carbocycles. The first-order valence-electron chi connectivity index (χ1n) is 10.9. The first-order chi connectivity index (χ1) is 15.6. The quantitative estimate of drug-likeness (QED) is 0.527. The molecule has 1 atom stereocenters. The van der Waals surface area contributed by atoms with Crippen LogP contribution in [-0.4, -0.2) is 39.6 Å². The number of hydrogen-bond acceptors (Lipinski definition) is 4. The van der Waals surface area contributed by atoms with Gasteiger partial charge >= 0.3 is 12.1 Å². The monoisotopic (exact) mass is 433 g/mol. The SMILES string of the molecule is CCn1nccc1CC(CCC(=O)O)NC(=O)OCC1c2ccccc2-c2ccccc21. The van der Waals surface area contributed by atoms with Crippen LogP contribution in [0.15, 0.2) is 60.8 Å². The largest absolute Gasteiger partial charge is 0.481 e. The Balaban J connectivity index is 1.42. The summed E-state index contributed by atoms with van der Waals surface area (Å²) in [5.41, 5.74) is 5.59. The van der Waals surface area contributed by atoms with E-state index in [1.165, 1.54) is 11.1 Å². The van der Waals surface area contributed by atoms with E-state index in [4.69, 9.17) is 9.84 Å². The van der Waals surface area contributed by atoms with Gasteiger partial charge in [-0.05, 0) is 41.7 Å². The van der Waals surface area contributed by atoms with E-state index in [2.05, 4.69) is 34.7 Å². The topological polar surface area (TPSA) is 93.5 Å². The lowest BCUT2D eigenvalue weighted by Crippen LogP contribution is -2.38. The van der Waals surface area contributed by atoms with E-state index in [-0.39, 0.29) is 25.0 Å². The lowest BCUT2D eigenvalue weighted by atomic mass is 9.98. The maximum atomic E-state index is 12.7. The number of carbonyl (C=O) groups is 2. The fraction of sp³-hybridized carbons (Fsp3) is 0.320. The molecule has 0 saturated heterocycles. The number of aromatic nitrogens is 2. The number of fused-ring (bicyclic) bond motifs is 3. The molecule has 0 fully saturated rings. The lowest BCUT2D eigenvalue weighted by molar-refractivity contribution is -0.137. The van der Waals surface area contributed by atoms with E-state index in [9.17, 15) is 9.59 Å². The third-order valence-electron chi connectivity index (χ3n) is 5.93. The molecule has 1 amide bonds. The number of carboxylic acid groups (broad SMARTS) is 1. The van der Waals surface area contributed by atoms with E-state index in [0.717, 1.165) is 16.8 Å². The fourth-order valence-corrected chi connectivity index (χ4v) is 4.40. The Morgan fingerprint density at radius 2 is 1.75 bits per heavy atom. The fourth-order valence-electron chi connectivity index (χ4n) is 4.40. The van der Waals surface area contributed by atoms with Gasteiger partial charge in [0.15, 0.2) is 0 Å². The summed E-state index contributed by atoms with van der Waals surface area (Å²) < 4.78 is 7.47. The highest BCUT2D eigenvalue weighted by atomic mass is 16.5. The van der Waals surface area contributed by atoms with Crippen molar-refractivity contribution in [1.29, 1.82) is 0 Å². The lowest BCUT2D eigenvalue weighted by Gasteiger charge is -2.20. The van der Waals surface area contributed by atoms with Crippen LogP contribution in [0, 0.1) is 0 Å². The molecule has 0 radical (unpaired) electrons. The second-order valence-corrected chi connectivity index (χ2v) is 7.94. The zero-order valence-corrected chi connectivity index (χ0v) is 18.0. The van der Waals surface area contributed by atoms with Crippen LogP contribution in [0.5, 0.6) is 0 Å². The van der Waals surface area contributed by atoms with Crippen LogP contribution in [0.2, 0.25) is 0 Å². The standard InChI is InChI=1S/C25H27N3O4/c1-2-28-18(13-14-26-28)15-17(11-12-24(29)30)27-25(31)32-16-23-21-9-5-3-7-19(21)20-8-4-6-10-22(20)23/h3-10,13-14,17,23H,2,11-12,15-16H2,1H3,(H,27,31)(H,29,30). The van der Waals surface area contributed by atoms with Crippen molar-refractivity contribution >= 4 is 12.1 Å². The molecule has 1 aromatic heterocycles. The van der Waals surface area contributed by atoms with Crippen molar-refractivity contribution in [1.82, 2.24) is 15.1 Å². The molecule has 0 spiro atoms. The number of rotatable bonds is 9. The summed E-state index contributed by atoms with van der Waals surface area (Å²) in [7, 11) is 0. The molecule has 1 unspecified atom stereocenters. The number of carboxylic acids is 1. The summed E-state index contributed by atoms with van der Waals surface area (Å²) in [4.78, 5) is 23.7. The Hall–Kier alpha value is -3.61. The molecular formula is C25H27N3O4. The molecule has 2 aromatic carbocycles. The van der Waals surface area contributed by atoms with Crippen LogP contribution in [0.1, 0.15) is 42.5 Å². The van der Waals surface area contributed by atoms with Crippen LogP contribution in [-0.2, 0) is 22.5 Å². The highest BCUT2D eigenvalue weighted by Crippen LogP contribution is 2.44.